The maximum atomic E-state index is 13.8. The largest absolute Gasteiger partial charge is 0.345 e. The van der Waals surface area contributed by atoms with E-state index < -0.39 is 0 Å². The van der Waals surface area contributed by atoms with E-state index in [1.54, 1.807) is 17.0 Å². The minimum absolute atomic E-state index is 0.00917. The van der Waals surface area contributed by atoms with Crippen molar-refractivity contribution in [2.45, 2.75) is 39.5 Å². The number of amides is 2. The van der Waals surface area contributed by atoms with Crippen molar-refractivity contribution in [1.29, 1.82) is 0 Å². The van der Waals surface area contributed by atoms with Gasteiger partial charge in [-0.25, -0.2) is 0 Å². The fraction of sp³-hybridized carbons (Fsp3) is 0.226. The van der Waals surface area contributed by atoms with Crippen molar-refractivity contribution in [2.75, 3.05) is 6.54 Å². The van der Waals surface area contributed by atoms with Crippen LogP contribution in [0.3, 0.4) is 0 Å². The lowest BCUT2D eigenvalue weighted by Gasteiger charge is -2.30. The van der Waals surface area contributed by atoms with Crippen LogP contribution >= 0.6 is 15.9 Å². The van der Waals surface area contributed by atoms with E-state index in [0.717, 1.165) is 22.3 Å². The molecule has 4 rings (SSSR count). The van der Waals surface area contributed by atoms with Crippen molar-refractivity contribution in [3.05, 3.63) is 130 Å². The summed E-state index contributed by atoms with van der Waals surface area (Å²) in [6.07, 6.45) is 2.05. The first kappa shape index (κ1) is 26.4. The summed E-state index contributed by atoms with van der Waals surface area (Å²) in [5, 5.41) is 0. The molecule has 0 bridgehead atoms. The summed E-state index contributed by atoms with van der Waals surface area (Å²) in [5.74, 6) is -0.245. The molecule has 1 heterocycles. The Balaban J connectivity index is 1.57. The number of hydrogen-bond donors (Lipinski definition) is 0. The second-order valence-corrected chi connectivity index (χ2v) is 10.3. The van der Waals surface area contributed by atoms with Crippen LogP contribution in [0.25, 0.3) is 0 Å². The number of aromatic nitrogens is 1. The molecule has 0 radical (unpaired) electrons. The van der Waals surface area contributed by atoms with Crippen molar-refractivity contribution in [3.8, 4) is 0 Å². The number of hydrogen-bond acceptors (Lipinski definition) is 2. The van der Waals surface area contributed by atoms with Crippen LogP contribution in [0.1, 0.15) is 41.0 Å². The highest BCUT2D eigenvalue weighted by atomic mass is 79.9. The number of carbonyl (C=O) groups excluding carboxylic acids is 2. The van der Waals surface area contributed by atoms with Crippen molar-refractivity contribution in [1.82, 2.24) is 14.4 Å². The third-order valence-electron chi connectivity index (χ3n) is 6.30. The molecule has 0 N–H and O–H groups in total. The van der Waals surface area contributed by atoms with Gasteiger partial charge in [0.25, 0.3) is 5.91 Å². The standard InChI is InChI=1S/C31H32BrN3O2/c1-24(2)35(31(37)27-15-9-16-28(32)19-27)23-30(36)34(21-26-13-7-4-8-14-26)22-29-17-10-18-33(29)20-25-11-5-3-6-12-25/h3-19,24H,20-23H2,1-2H3. The fourth-order valence-electron chi connectivity index (χ4n) is 4.28. The first-order valence-electron chi connectivity index (χ1n) is 12.5. The van der Waals surface area contributed by atoms with Crippen LogP contribution in [0.5, 0.6) is 0 Å². The Labute approximate surface area is 227 Å². The van der Waals surface area contributed by atoms with Crippen LogP contribution < -0.4 is 0 Å². The molecule has 2 amide bonds. The Morgan fingerprint density at radius 1 is 0.811 bits per heavy atom. The molecule has 0 fully saturated rings. The van der Waals surface area contributed by atoms with E-state index >= 15 is 0 Å². The Kier molecular flexibility index (Phi) is 8.96. The van der Waals surface area contributed by atoms with Gasteiger partial charge in [0.1, 0.15) is 6.54 Å². The van der Waals surface area contributed by atoms with Crippen LogP contribution in [0.4, 0.5) is 0 Å². The van der Waals surface area contributed by atoms with Gasteiger partial charge in [-0.2, -0.15) is 0 Å². The highest BCUT2D eigenvalue weighted by molar-refractivity contribution is 9.10. The maximum Gasteiger partial charge on any atom is 0.254 e. The molecule has 4 aromatic rings. The molecule has 0 aliphatic carbocycles. The first-order chi connectivity index (χ1) is 17.9. The molecule has 0 aliphatic rings. The van der Waals surface area contributed by atoms with Gasteiger partial charge in [-0.1, -0.05) is 82.7 Å². The third kappa shape index (κ3) is 7.20. The van der Waals surface area contributed by atoms with E-state index in [4.69, 9.17) is 0 Å². The van der Waals surface area contributed by atoms with E-state index in [0.29, 0.717) is 18.7 Å². The number of carbonyl (C=O) groups is 2. The smallest absolute Gasteiger partial charge is 0.254 e. The molecule has 0 unspecified atom stereocenters. The van der Waals surface area contributed by atoms with Crippen LogP contribution in [0.15, 0.2) is 108 Å². The quantitative estimate of drug-likeness (QED) is 0.227. The summed E-state index contributed by atoms with van der Waals surface area (Å²) >= 11 is 3.44. The topological polar surface area (TPSA) is 45.6 Å². The van der Waals surface area contributed by atoms with E-state index in [-0.39, 0.29) is 24.4 Å². The van der Waals surface area contributed by atoms with Gasteiger partial charge in [-0.15, -0.1) is 0 Å². The third-order valence-corrected chi connectivity index (χ3v) is 6.80. The predicted octanol–water partition coefficient (Wildman–Crippen LogP) is 6.38. The number of benzene rings is 3. The van der Waals surface area contributed by atoms with Gasteiger partial charge in [0.15, 0.2) is 0 Å². The Hall–Kier alpha value is -3.64. The zero-order valence-corrected chi connectivity index (χ0v) is 22.8. The van der Waals surface area contributed by atoms with Crippen LogP contribution in [0, 0.1) is 0 Å². The minimum atomic E-state index is -0.156. The molecule has 5 nitrogen and oxygen atoms in total. The predicted molar refractivity (Wildman–Crippen MR) is 151 cm³/mol. The van der Waals surface area contributed by atoms with Gasteiger partial charge in [0.05, 0.1) is 6.54 Å². The monoisotopic (exact) mass is 557 g/mol. The molecule has 0 saturated heterocycles. The lowest BCUT2D eigenvalue weighted by Crippen LogP contribution is -2.45. The van der Waals surface area contributed by atoms with Crippen molar-refractivity contribution in [3.63, 3.8) is 0 Å². The van der Waals surface area contributed by atoms with E-state index in [9.17, 15) is 9.59 Å². The van der Waals surface area contributed by atoms with Crippen molar-refractivity contribution < 1.29 is 9.59 Å². The second kappa shape index (κ2) is 12.5. The molecule has 1 aromatic heterocycles. The van der Waals surface area contributed by atoms with Crippen LogP contribution in [-0.2, 0) is 24.4 Å². The molecule has 0 atom stereocenters. The highest BCUT2D eigenvalue weighted by Gasteiger charge is 2.25. The minimum Gasteiger partial charge on any atom is -0.345 e. The van der Waals surface area contributed by atoms with Gasteiger partial charge in [-0.3, -0.25) is 9.59 Å². The summed E-state index contributed by atoms with van der Waals surface area (Å²) in [4.78, 5) is 30.6. The average molecular weight is 559 g/mol. The summed E-state index contributed by atoms with van der Waals surface area (Å²) in [6.45, 7) is 5.54. The summed E-state index contributed by atoms with van der Waals surface area (Å²) in [5.41, 5.74) is 3.85. The van der Waals surface area contributed by atoms with Gasteiger partial charge >= 0.3 is 0 Å². The van der Waals surface area contributed by atoms with E-state index in [1.807, 2.05) is 91.7 Å². The van der Waals surface area contributed by atoms with Crippen molar-refractivity contribution >= 4 is 27.7 Å². The van der Waals surface area contributed by atoms with E-state index in [1.165, 1.54) is 5.56 Å². The SMILES string of the molecule is CC(C)N(CC(=O)N(Cc1ccccc1)Cc1cccn1Cc1ccccc1)C(=O)c1cccc(Br)c1. The summed E-state index contributed by atoms with van der Waals surface area (Å²) in [7, 11) is 0. The van der Waals surface area contributed by atoms with Gasteiger partial charge in [0, 0.05) is 41.1 Å². The molecule has 0 spiro atoms. The van der Waals surface area contributed by atoms with E-state index in [2.05, 4.69) is 38.7 Å². The lowest BCUT2D eigenvalue weighted by molar-refractivity contribution is -0.133. The van der Waals surface area contributed by atoms with Gasteiger partial charge in [0.2, 0.25) is 5.91 Å². The molecule has 0 saturated carbocycles. The first-order valence-corrected chi connectivity index (χ1v) is 13.3. The molecule has 37 heavy (non-hydrogen) atoms. The molecular formula is C31H32BrN3O2. The lowest BCUT2D eigenvalue weighted by atomic mass is 10.1. The average Bonchev–Trinajstić information content (AvgIpc) is 3.33. The molecule has 3 aromatic carbocycles. The zero-order valence-electron chi connectivity index (χ0n) is 21.3. The van der Waals surface area contributed by atoms with Crippen LogP contribution in [-0.4, -0.2) is 38.8 Å². The number of rotatable bonds is 10. The number of nitrogens with zero attached hydrogens (tertiary/aromatic N) is 3. The Morgan fingerprint density at radius 2 is 1.49 bits per heavy atom. The Bertz CT molecular complexity index is 1320. The summed E-state index contributed by atoms with van der Waals surface area (Å²) < 4.78 is 3.01. The molecule has 6 heteroatoms. The van der Waals surface area contributed by atoms with Crippen LogP contribution in [0.2, 0.25) is 0 Å². The molecule has 0 aliphatic heterocycles. The summed E-state index contributed by atoms with van der Waals surface area (Å²) in [6, 6.07) is 31.5. The molecule has 190 valence electrons. The normalized spacial score (nSPS) is 10.9. The van der Waals surface area contributed by atoms with Gasteiger partial charge < -0.3 is 14.4 Å². The Morgan fingerprint density at radius 3 is 2.14 bits per heavy atom. The fourth-order valence-corrected chi connectivity index (χ4v) is 4.68. The van der Waals surface area contributed by atoms with Gasteiger partial charge in [-0.05, 0) is 55.3 Å². The molecular weight excluding hydrogens is 526 g/mol. The second-order valence-electron chi connectivity index (χ2n) is 9.39. The van der Waals surface area contributed by atoms with Crippen molar-refractivity contribution in [2.24, 2.45) is 0 Å². The zero-order chi connectivity index (χ0) is 26.2. The highest BCUT2D eigenvalue weighted by Crippen LogP contribution is 2.17. The maximum absolute atomic E-state index is 13.8. The number of halogens is 1.